The van der Waals surface area contributed by atoms with Crippen LogP contribution in [0.4, 0.5) is 39.5 Å². The minimum Gasteiger partial charge on any atom is -0.170 e. The molecule has 0 nitrogen and oxygen atoms in total. The summed E-state index contributed by atoms with van der Waals surface area (Å²) in [6, 6.07) is 2.60. The zero-order chi connectivity index (χ0) is 22.5. The zero-order valence-corrected chi connectivity index (χ0v) is 15.8. The van der Waals surface area contributed by atoms with Gasteiger partial charge in [0.05, 0.1) is 11.1 Å². The van der Waals surface area contributed by atoms with E-state index >= 15 is 0 Å². The summed E-state index contributed by atoms with van der Waals surface area (Å²) in [5.41, 5.74) is -4.57. The lowest BCUT2D eigenvalue weighted by Crippen LogP contribution is -2.24. The Labute approximate surface area is 161 Å². The third-order valence-electron chi connectivity index (χ3n) is 4.98. The molecule has 0 aliphatic carbocycles. The summed E-state index contributed by atoms with van der Waals surface area (Å²) in [6.45, 7) is 4.71. The second-order valence-electron chi connectivity index (χ2n) is 6.99. The van der Waals surface area contributed by atoms with Gasteiger partial charge in [-0.3, -0.25) is 0 Å². The summed E-state index contributed by atoms with van der Waals surface area (Å²) >= 11 is 0. The number of rotatable bonds is 2. The summed E-state index contributed by atoms with van der Waals surface area (Å²) in [7, 11) is 0. The molecular weight excluding hydrogens is 411 g/mol. The van der Waals surface area contributed by atoms with E-state index in [0.717, 1.165) is 26.0 Å². The van der Waals surface area contributed by atoms with Crippen LogP contribution in [0.3, 0.4) is 0 Å². The number of hydrogen-bond donors (Lipinski definition) is 0. The SMILES string of the molecule is Cc1cc(C(c2cc(C)c(C)c(C(F)(F)F)c2)C(F)(F)F)cc(C(F)(F)F)c1C. The van der Waals surface area contributed by atoms with Crippen molar-refractivity contribution < 1.29 is 39.5 Å². The van der Waals surface area contributed by atoms with Crippen LogP contribution in [0.15, 0.2) is 24.3 Å². The van der Waals surface area contributed by atoms with Crippen molar-refractivity contribution in [3.63, 3.8) is 0 Å². The highest BCUT2D eigenvalue weighted by Gasteiger charge is 2.45. The molecule has 0 saturated carbocycles. The Morgan fingerprint density at radius 1 is 0.552 bits per heavy atom. The largest absolute Gasteiger partial charge is 0.416 e. The van der Waals surface area contributed by atoms with Crippen LogP contribution in [0.25, 0.3) is 0 Å². The maximum absolute atomic E-state index is 13.9. The second-order valence-corrected chi connectivity index (χ2v) is 6.99. The van der Waals surface area contributed by atoms with Gasteiger partial charge in [-0.1, -0.05) is 12.1 Å². The van der Waals surface area contributed by atoms with Gasteiger partial charge in [0.25, 0.3) is 0 Å². The third-order valence-corrected chi connectivity index (χ3v) is 4.98. The van der Waals surface area contributed by atoms with Crippen molar-refractivity contribution >= 4 is 0 Å². The van der Waals surface area contributed by atoms with Gasteiger partial charge < -0.3 is 0 Å². The molecule has 0 bridgehead atoms. The lowest BCUT2D eigenvalue weighted by molar-refractivity contribution is -0.144. The van der Waals surface area contributed by atoms with E-state index in [2.05, 4.69) is 0 Å². The second kappa shape index (κ2) is 7.25. The molecule has 0 unspecified atom stereocenters. The molecule has 0 saturated heterocycles. The Hall–Kier alpha value is -2.19. The van der Waals surface area contributed by atoms with E-state index in [1.54, 1.807) is 0 Å². The lowest BCUT2D eigenvalue weighted by atomic mass is 9.84. The van der Waals surface area contributed by atoms with Crippen molar-refractivity contribution in [2.75, 3.05) is 0 Å². The van der Waals surface area contributed by atoms with E-state index < -0.39 is 46.7 Å². The summed E-state index contributed by atoms with van der Waals surface area (Å²) in [5, 5.41) is 0. The molecule has 0 fully saturated rings. The molecule has 2 rings (SSSR count). The Balaban J connectivity index is 2.83. The molecule has 0 N–H and O–H groups in total. The predicted molar refractivity (Wildman–Crippen MR) is 89.7 cm³/mol. The lowest BCUT2D eigenvalue weighted by Gasteiger charge is -2.25. The first kappa shape index (κ1) is 23.1. The van der Waals surface area contributed by atoms with Crippen LogP contribution in [-0.2, 0) is 12.4 Å². The van der Waals surface area contributed by atoms with Crippen LogP contribution >= 0.6 is 0 Å². The molecular formula is C20H17F9. The Morgan fingerprint density at radius 2 is 0.862 bits per heavy atom. The molecule has 29 heavy (non-hydrogen) atoms. The number of benzene rings is 2. The minimum absolute atomic E-state index is 0.0380. The monoisotopic (exact) mass is 428 g/mol. The number of hydrogen-bond acceptors (Lipinski definition) is 0. The summed E-state index contributed by atoms with van der Waals surface area (Å²) in [6.07, 6.45) is -14.9. The molecule has 2 aromatic rings. The standard InChI is InChI=1S/C20H17F9/c1-9-5-13(7-15(11(9)3)18(21,22)23)17(20(27,28)29)14-6-10(2)12(4)16(8-14)19(24,25)26/h5-8,17H,1-4H3. The fourth-order valence-electron chi connectivity index (χ4n) is 3.27. The van der Waals surface area contributed by atoms with Gasteiger partial charge in [0.15, 0.2) is 0 Å². The quantitative estimate of drug-likeness (QED) is 0.431. The molecule has 0 atom stereocenters. The minimum atomic E-state index is -5.10. The Morgan fingerprint density at radius 3 is 1.10 bits per heavy atom. The average molecular weight is 428 g/mol. The van der Waals surface area contributed by atoms with Gasteiger partial charge >= 0.3 is 18.5 Å². The van der Waals surface area contributed by atoms with Crippen LogP contribution < -0.4 is 0 Å². The van der Waals surface area contributed by atoms with Gasteiger partial charge in [0, 0.05) is 0 Å². The van der Waals surface area contributed by atoms with E-state index in [1.165, 1.54) is 13.8 Å². The summed E-state index contributed by atoms with van der Waals surface area (Å²) in [5.74, 6) is -2.64. The fourth-order valence-corrected chi connectivity index (χ4v) is 3.27. The van der Waals surface area contributed by atoms with Crippen LogP contribution in [0.5, 0.6) is 0 Å². The third kappa shape index (κ3) is 4.70. The first-order chi connectivity index (χ1) is 12.9. The molecule has 0 aromatic heterocycles. The van der Waals surface area contributed by atoms with E-state index in [4.69, 9.17) is 0 Å². The van der Waals surface area contributed by atoms with E-state index in [0.29, 0.717) is 12.1 Å². The van der Waals surface area contributed by atoms with Crippen molar-refractivity contribution in [2.45, 2.75) is 52.1 Å². The highest BCUT2D eigenvalue weighted by Crippen LogP contribution is 2.45. The molecule has 0 aliphatic rings. The number of alkyl halides is 9. The van der Waals surface area contributed by atoms with E-state index in [9.17, 15) is 39.5 Å². The topological polar surface area (TPSA) is 0 Å². The van der Waals surface area contributed by atoms with Crippen molar-refractivity contribution in [3.8, 4) is 0 Å². The molecule has 0 spiro atoms. The molecule has 0 radical (unpaired) electrons. The first-order valence-corrected chi connectivity index (χ1v) is 8.38. The van der Waals surface area contributed by atoms with Gasteiger partial charge in [0.2, 0.25) is 0 Å². The van der Waals surface area contributed by atoms with Crippen molar-refractivity contribution in [1.82, 2.24) is 0 Å². The van der Waals surface area contributed by atoms with Gasteiger partial charge in [-0.15, -0.1) is 0 Å². The van der Waals surface area contributed by atoms with Gasteiger partial charge in [-0.2, -0.15) is 39.5 Å². The Kier molecular flexibility index (Phi) is 5.77. The van der Waals surface area contributed by atoms with Crippen molar-refractivity contribution in [3.05, 3.63) is 68.8 Å². The van der Waals surface area contributed by atoms with Crippen LogP contribution in [0.2, 0.25) is 0 Å². The normalized spacial score (nSPS) is 13.3. The molecule has 160 valence electrons. The van der Waals surface area contributed by atoms with Crippen molar-refractivity contribution in [2.24, 2.45) is 0 Å². The van der Waals surface area contributed by atoms with Crippen LogP contribution in [0, 0.1) is 27.7 Å². The smallest absolute Gasteiger partial charge is 0.170 e. The summed E-state index contributed by atoms with van der Waals surface area (Å²) < 4.78 is 121. The van der Waals surface area contributed by atoms with Gasteiger partial charge in [-0.05, 0) is 73.2 Å². The van der Waals surface area contributed by atoms with Gasteiger partial charge in [0.1, 0.15) is 5.92 Å². The first-order valence-electron chi connectivity index (χ1n) is 8.38. The van der Waals surface area contributed by atoms with E-state index in [1.807, 2.05) is 0 Å². The maximum atomic E-state index is 13.9. The predicted octanol–water partition coefficient (Wildman–Crippen LogP) is 7.65. The van der Waals surface area contributed by atoms with Crippen molar-refractivity contribution in [1.29, 1.82) is 0 Å². The highest BCUT2D eigenvalue weighted by molar-refractivity contribution is 5.48. The molecule has 0 amide bonds. The van der Waals surface area contributed by atoms with Gasteiger partial charge in [-0.25, -0.2) is 0 Å². The molecule has 9 heteroatoms. The Bertz CT molecular complexity index is 846. The van der Waals surface area contributed by atoms with Crippen LogP contribution in [0.1, 0.15) is 50.4 Å². The summed E-state index contributed by atoms with van der Waals surface area (Å²) in [4.78, 5) is 0. The molecule has 0 heterocycles. The number of aryl methyl sites for hydroxylation is 2. The fraction of sp³-hybridized carbons (Fsp3) is 0.400. The molecule has 0 aliphatic heterocycles. The zero-order valence-electron chi connectivity index (χ0n) is 15.8. The average Bonchev–Trinajstić information content (AvgIpc) is 2.50. The van der Waals surface area contributed by atoms with Crippen LogP contribution in [-0.4, -0.2) is 6.18 Å². The highest BCUT2D eigenvalue weighted by atomic mass is 19.4. The number of halogens is 9. The van der Waals surface area contributed by atoms with E-state index in [-0.39, 0.29) is 22.3 Å². The maximum Gasteiger partial charge on any atom is 0.416 e. The molecule has 2 aromatic carbocycles.